The van der Waals surface area contributed by atoms with Crippen molar-refractivity contribution < 1.29 is 14.7 Å². The van der Waals surface area contributed by atoms with Gasteiger partial charge in [-0.15, -0.1) is 11.3 Å². The summed E-state index contributed by atoms with van der Waals surface area (Å²) in [4.78, 5) is 20.5. The zero-order valence-electron chi connectivity index (χ0n) is 5.40. The Morgan fingerprint density at radius 3 is 3.00 bits per heavy atom. The second kappa shape index (κ2) is 3.16. The summed E-state index contributed by atoms with van der Waals surface area (Å²) in [6.07, 6.45) is 0.453. The van der Waals surface area contributed by atoms with Crippen LogP contribution in [0.3, 0.4) is 0 Å². The third-order valence-electron chi connectivity index (χ3n) is 1.07. The van der Waals surface area contributed by atoms with Gasteiger partial charge in [0.2, 0.25) is 6.41 Å². The SMILES string of the molecule is O=CNc1ccsc1C(=O)O. The van der Waals surface area contributed by atoms with E-state index >= 15 is 0 Å². The van der Waals surface area contributed by atoms with Gasteiger partial charge in [0.1, 0.15) is 4.88 Å². The van der Waals surface area contributed by atoms with E-state index in [4.69, 9.17) is 5.11 Å². The van der Waals surface area contributed by atoms with Crippen LogP contribution in [-0.2, 0) is 4.79 Å². The average Bonchev–Trinajstić information content (AvgIpc) is 2.36. The Kier molecular flexibility index (Phi) is 2.22. The van der Waals surface area contributed by atoms with Crippen LogP contribution in [0.4, 0.5) is 5.69 Å². The Morgan fingerprint density at radius 2 is 2.45 bits per heavy atom. The van der Waals surface area contributed by atoms with E-state index in [9.17, 15) is 9.59 Å². The molecule has 1 aromatic rings. The minimum atomic E-state index is -1.02. The summed E-state index contributed by atoms with van der Waals surface area (Å²) in [6.45, 7) is 0. The van der Waals surface area contributed by atoms with Crippen LogP contribution in [0.2, 0.25) is 0 Å². The van der Waals surface area contributed by atoms with Crippen LogP contribution in [0, 0.1) is 0 Å². The summed E-state index contributed by atoms with van der Waals surface area (Å²) >= 11 is 1.08. The molecule has 0 saturated carbocycles. The normalized spacial score (nSPS) is 9.09. The average molecular weight is 171 g/mol. The standard InChI is InChI=1S/C6H5NO3S/c8-3-7-4-1-2-11-5(4)6(9)10/h1-3H,(H,7,8)(H,9,10). The number of amides is 1. The van der Waals surface area contributed by atoms with Crippen molar-refractivity contribution in [3.8, 4) is 0 Å². The number of hydrogen-bond acceptors (Lipinski definition) is 3. The lowest BCUT2D eigenvalue weighted by atomic mass is 10.4. The van der Waals surface area contributed by atoms with Crippen molar-refractivity contribution in [1.29, 1.82) is 0 Å². The molecule has 1 rings (SSSR count). The Hall–Kier alpha value is -1.36. The van der Waals surface area contributed by atoms with Gasteiger partial charge >= 0.3 is 5.97 Å². The number of rotatable bonds is 3. The third-order valence-corrected chi connectivity index (χ3v) is 1.98. The highest BCUT2D eigenvalue weighted by molar-refractivity contribution is 7.12. The van der Waals surface area contributed by atoms with Gasteiger partial charge in [0.15, 0.2) is 0 Å². The zero-order chi connectivity index (χ0) is 8.27. The van der Waals surface area contributed by atoms with Crippen molar-refractivity contribution >= 4 is 29.4 Å². The largest absolute Gasteiger partial charge is 0.477 e. The second-order valence-corrected chi connectivity index (χ2v) is 2.65. The topological polar surface area (TPSA) is 66.4 Å². The van der Waals surface area contributed by atoms with E-state index in [0.717, 1.165) is 11.3 Å². The van der Waals surface area contributed by atoms with Gasteiger partial charge in [0.05, 0.1) is 5.69 Å². The molecule has 0 spiro atoms. The highest BCUT2D eigenvalue weighted by Crippen LogP contribution is 2.20. The van der Waals surface area contributed by atoms with Crippen LogP contribution in [0.1, 0.15) is 9.67 Å². The molecule has 5 heteroatoms. The summed E-state index contributed by atoms with van der Waals surface area (Å²) in [6, 6.07) is 1.54. The fraction of sp³-hybridized carbons (Fsp3) is 0. The van der Waals surface area contributed by atoms with Gasteiger partial charge in [-0.25, -0.2) is 4.79 Å². The molecule has 2 N–H and O–H groups in total. The van der Waals surface area contributed by atoms with Crippen molar-refractivity contribution in [2.24, 2.45) is 0 Å². The van der Waals surface area contributed by atoms with Crippen LogP contribution in [0.15, 0.2) is 11.4 Å². The molecule has 0 aliphatic rings. The van der Waals surface area contributed by atoms with E-state index < -0.39 is 5.97 Å². The maximum absolute atomic E-state index is 10.4. The number of nitrogens with one attached hydrogen (secondary N) is 1. The monoisotopic (exact) mass is 171 g/mol. The number of carboxylic acids is 1. The first-order chi connectivity index (χ1) is 5.25. The van der Waals surface area contributed by atoms with Gasteiger partial charge in [-0.05, 0) is 11.4 Å². The summed E-state index contributed by atoms with van der Waals surface area (Å²) in [5, 5.41) is 12.4. The second-order valence-electron chi connectivity index (χ2n) is 1.73. The van der Waals surface area contributed by atoms with Crippen molar-refractivity contribution in [2.75, 3.05) is 5.32 Å². The van der Waals surface area contributed by atoms with Gasteiger partial charge in [0, 0.05) is 0 Å². The lowest BCUT2D eigenvalue weighted by Crippen LogP contribution is -2.00. The number of carbonyl (C=O) groups is 2. The van der Waals surface area contributed by atoms with E-state index in [1.807, 2.05) is 0 Å². The molecule has 58 valence electrons. The Morgan fingerprint density at radius 1 is 1.73 bits per heavy atom. The third kappa shape index (κ3) is 1.56. The molecule has 0 unspecified atom stereocenters. The molecular weight excluding hydrogens is 166 g/mol. The number of carboxylic acid groups (broad SMARTS) is 1. The summed E-state index contributed by atoms with van der Waals surface area (Å²) in [5.74, 6) is -1.02. The maximum Gasteiger partial charge on any atom is 0.348 e. The number of thiophene rings is 1. The Balaban J connectivity index is 2.95. The van der Waals surface area contributed by atoms with Crippen molar-refractivity contribution in [3.63, 3.8) is 0 Å². The number of aromatic carboxylic acids is 1. The van der Waals surface area contributed by atoms with Gasteiger partial charge in [0.25, 0.3) is 0 Å². The van der Waals surface area contributed by atoms with Gasteiger partial charge in [-0.3, -0.25) is 4.79 Å². The zero-order valence-corrected chi connectivity index (χ0v) is 6.22. The predicted octanol–water partition coefficient (Wildman–Crippen LogP) is 1.01. The first kappa shape index (κ1) is 7.74. The Bertz CT molecular complexity index is 281. The van der Waals surface area contributed by atoms with Gasteiger partial charge < -0.3 is 10.4 Å². The first-order valence-electron chi connectivity index (χ1n) is 2.76. The van der Waals surface area contributed by atoms with Crippen LogP contribution >= 0.6 is 11.3 Å². The Labute approximate surface area is 66.5 Å². The number of hydrogen-bond donors (Lipinski definition) is 2. The quantitative estimate of drug-likeness (QED) is 0.667. The lowest BCUT2D eigenvalue weighted by Gasteiger charge is -1.93. The molecule has 4 nitrogen and oxygen atoms in total. The molecule has 0 radical (unpaired) electrons. The van der Waals surface area contributed by atoms with E-state index in [2.05, 4.69) is 5.32 Å². The molecule has 0 aromatic carbocycles. The molecule has 1 aromatic heterocycles. The van der Waals surface area contributed by atoms with Crippen LogP contribution < -0.4 is 5.32 Å². The van der Waals surface area contributed by atoms with Crippen LogP contribution in [0.5, 0.6) is 0 Å². The first-order valence-corrected chi connectivity index (χ1v) is 3.64. The highest BCUT2D eigenvalue weighted by atomic mass is 32.1. The minimum absolute atomic E-state index is 0.150. The molecular formula is C6H5NO3S. The van der Waals surface area contributed by atoms with Crippen molar-refractivity contribution in [1.82, 2.24) is 0 Å². The van der Waals surface area contributed by atoms with Gasteiger partial charge in [-0.1, -0.05) is 0 Å². The predicted molar refractivity (Wildman–Crippen MR) is 41.0 cm³/mol. The molecule has 1 heterocycles. The molecule has 1 amide bonds. The molecule has 0 atom stereocenters. The summed E-state index contributed by atoms with van der Waals surface area (Å²) < 4.78 is 0. The molecule has 0 aliphatic heterocycles. The molecule has 0 saturated heterocycles. The van der Waals surface area contributed by atoms with E-state index in [-0.39, 0.29) is 4.88 Å². The van der Waals surface area contributed by atoms with Gasteiger partial charge in [-0.2, -0.15) is 0 Å². The molecule has 0 bridgehead atoms. The number of carbonyl (C=O) groups excluding carboxylic acids is 1. The fourth-order valence-corrected chi connectivity index (χ4v) is 1.35. The lowest BCUT2D eigenvalue weighted by molar-refractivity contribution is -0.105. The highest BCUT2D eigenvalue weighted by Gasteiger charge is 2.09. The molecule has 0 fully saturated rings. The smallest absolute Gasteiger partial charge is 0.348 e. The van der Waals surface area contributed by atoms with E-state index in [0.29, 0.717) is 12.1 Å². The van der Waals surface area contributed by atoms with E-state index in [1.54, 1.807) is 11.4 Å². The van der Waals surface area contributed by atoms with E-state index in [1.165, 1.54) is 0 Å². The minimum Gasteiger partial charge on any atom is -0.477 e. The van der Waals surface area contributed by atoms with Crippen molar-refractivity contribution in [3.05, 3.63) is 16.3 Å². The maximum atomic E-state index is 10.4. The van der Waals surface area contributed by atoms with Crippen molar-refractivity contribution in [2.45, 2.75) is 0 Å². The molecule has 11 heavy (non-hydrogen) atoms. The van der Waals surface area contributed by atoms with Crippen LogP contribution in [-0.4, -0.2) is 17.5 Å². The molecule has 0 aliphatic carbocycles. The fourth-order valence-electron chi connectivity index (χ4n) is 0.652. The number of anilines is 1. The van der Waals surface area contributed by atoms with Crippen LogP contribution in [0.25, 0.3) is 0 Å². The summed E-state index contributed by atoms with van der Waals surface area (Å²) in [5.41, 5.74) is 0.345. The summed E-state index contributed by atoms with van der Waals surface area (Å²) in [7, 11) is 0.